The third kappa shape index (κ3) is 4.22. The molecule has 0 bridgehead atoms. The summed E-state index contributed by atoms with van der Waals surface area (Å²) < 4.78 is 17.9. The van der Waals surface area contributed by atoms with Crippen LogP contribution in [0.5, 0.6) is 11.5 Å². The first-order chi connectivity index (χ1) is 17.1. The Labute approximate surface area is 211 Å². The molecule has 5 nitrogen and oxygen atoms in total. The van der Waals surface area contributed by atoms with Crippen molar-refractivity contribution in [1.29, 1.82) is 0 Å². The fourth-order valence-electron chi connectivity index (χ4n) is 5.64. The van der Waals surface area contributed by atoms with E-state index in [9.17, 15) is 0 Å². The Morgan fingerprint density at radius 2 is 1.97 bits per heavy atom. The predicted molar refractivity (Wildman–Crippen MR) is 137 cm³/mol. The highest BCUT2D eigenvalue weighted by atomic mass is 35.5. The van der Waals surface area contributed by atoms with Gasteiger partial charge < -0.3 is 19.1 Å². The van der Waals surface area contributed by atoms with Crippen LogP contribution in [0.1, 0.15) is 47.2 Å². The quantitative estimate of drug-likeness (QED) is 0.452. The fourth-order valence-corrected chi connectivity index (χ4v) is 5.84. The van der Waals surface area contributed by atoms with E-state index in [1.165, 1.54) is 11.1 Å². The number of rotatable bonds is 4. The molecule has 6 heteroatoms. The summed E-state index contributed by atoms with van der Waals surface area (Å²) in [4.78, 5) is 7.13. The van der Waals surface area contributed by atoms with Crippen molar-refractivity contribution in [1.82, 2.24) is 9.88 Å². The van der Waals surface area contributed by atoms with Gasteiger partial charge in [-0.15, -0.1) is 0 Å². The lowest BCUT2D eigenvalue weighted by atomic mass is 9.84. The second-order valence-corrected chi connectivity index (χ2v) is 9.92. The standard InChI is InChI=1S/C29H29ClN2O3/c1-33-22-7-9-28-25(17-22)23(24-4-2-12-31-27(24)19-34-28)5-3-13-32-14-10-29(11-15-32)26-8-6-21(30)16-20(26)18-35-29/h2,4-9,12,16-17H,3,10-11,13-15,18-19H2,1H3. The van der Waals surface area contributed by atoms with E-state index in [1.807, 2.05) is 30.5 Å². The van der Waals surface area contributed by atoms with Crippen LogP contribution in [0.4, 0.5) is 0 Å². The fraction of sp³-hybridized carbons (Fsp3) is 0.345. The van der Waals surface area contributed by atoms with Crippen molar-refractivity contribution in [3.63, 3.8) is 0 Å². The van der Waals surface area contributed by atoms with Crippen molar-refractivity contribution in [2.24, 2.45) is 0 Å². The zero-order chi connectivity index (χ0) is 23.8. The summed E-state index contributed by atoms with van der Waals surface area (Å²) in [6.07, 6.45) is 7.14. The molecule has 1 aromatic heterocycles. The minimum atomic E-state index is -0.145. The van der Waals surface area contributed by atoms with E-state index in [0.29, 0.717) is 13.2 Å². The third-order valence-electron chi connectivity index (χ3n) is 7.54. The van der Waals surface area contributed by atoms with Crippen LogP contribution in [0, 0.1) is 0 Å². The zero-order valence-electron chi connectivity index (χ0n) is 19.9. The summed E-state index contributed by atoms with van der Waals surface area (Å²) in [5.41, 5.74) is 6.75. The minimum absolute atomic E-state index is 0.145. The van der Waals surface area contributed by atoms with E-state index in [1.54, 1.807) is 7.11 Å². The molecule has 3 aromatic rings. The molecule has 2 aromatic carbocycles. The van der Waals surface area contributed by atoms with Gasteiger partial charge in [0.05, 0.1) is 25.0 Å². The smallest absolute Gasteiger partial charge is 0.131 e. The Bertz CT molecular complexity index is 1280. The number of halogens is 1. The highest BCUT2D eigenvalue weighted by Gasteiger charge is 2.42. The van der Waals surface area contributed by atoms with E-state index in [0.717, 1.165) is 77.8 Å². The second kappa shape index (κ2) is 9.30. The van der Waals surface area contributed by atoms with Crippen LogP contribution in [-0.4, -0.2) is 36.6 Å². The van der Waals surface area contributed by atoms with Gasteiger partial charge in [0.2, 0.25) is 0 Å². The Balaban J connectivity index is 1.19. The number of hydrogen-bond acceptors (Lipinski definition) is 5. The summed E-state index contributed by atoms with van der Waals surface area (Å²) in [6.45, 7) is 4.19. The van der Waals surface area contributed by atoms with Crippen LogP contribution in [0.25, 0.3) is 5.57 Å². The van der Waals surface area contributed by atoms with Gasteiger partial charge in [-0.25, -0.2) is 0 Å². The van der Waals surface area contributed by atoms with Crippen LogP contribution in [-0.2, 0) is 23.6 Å². The first-order valence-electron chi connectivity index (χ1n) is 12.3. The molecule has 0 amide bonds. The van der Waals surface area contributed by atoms with E-state index in [2.05, 4.69) is 40.2 Å². The minimum Gasteiger partial charge on any atom is -0.497 e. The molecule has 3 aliphatic rings. The number of piperidine rings is 1. The summed E-state index contributed by atoms with van der Waals surface area (Å²) in [7, 11) is 1.70. The van der Waals surface area contributed by atoms with Gasteiger partial charge in [0.25, 0.3) is 0 Å². The summed E-state index contributed by atoms with van der Waals surface area (Å²) >= 11 is 6.20. The molecule has 35 heavy (non-hydrogen) atoms. The van der Waals surface area contributed by atoms with Crippen molar-refractivity contribution >= 4 is 17.2 Å². The molecular formula is C29H29ClN2O3. The van der Waals surface area contributed by atoms with Gasteiger partial charge in [0.1, 0.15) is 18.1 Å². The lowest BCUT2D eigenvalue weighted by Gasteiger charge is -2.39. The molecule has 1 saturated heterocycles. The molecule has 0 unspecified atom stereocenters. The van der Waals surface area contributed by atoms with E-state index in [4.69, 9.17) is 25.8 Å². The number of nitrogens with zero attached hydrogens (tertiary/aromatic N) is 2. The van der Waals surface area contributed by atoms with Crippen molar-refractivity contribution in [3.05, 3.63) is 93.8 Å². The molecule has 1 fully saturated rings. The van der Waals surface area contributed by atoms with Crippen LogP contribution in [0.15, 0.2) is 60.8 Å². The number of fused-ring (bicyclic) bond motifs is 4. The summed E-state index contributed by atoms with van der Waals surface area (Å²) in [5.74, 6) is 1.69. The highest BCUT2D eigenvalue weighted by Crippen LogP contribution is 2.45. The second-order valence-electron chi connectivity index (χ2n) is 9.48. The van der Waals surface area contributed by atoms with E-state index < -0.39 is 0 Å². The van der Waals surface area contributed by atoms with Crippen LogP contribution in [0.3, 0.4) is 0 Å². The third-order valence-corrected chi connectivity index (χ3v) is 7.78. The zero-order valence-corrected chi connectivity index (χ0v) is 20.7. The van der Waals surface area contributed by atoms with Crippen molar-refractivity contribution in [3.8, 4) is 11.5 Å². The normalized spacial score (nSPS) is 19.5. The number of pyridine rings is 1. The van der Waals surface area contributed by atoms with Crippen LogP contribution in [0.2, 0.25) is 5.02 Å². The largest absolute Gasteiger partial charge is 0.497 e. The molecule has 0 saturated carbocycles. The average molecular weight is 489 g/mol. The number of methoxy groups -OCH3 is 1. The topological polar surface area (TPSA) is 43.8 Å². The molecule has 0 N–H and O–H groups in total. The van der Waals surface area contributed by atoms with E-state index >= 15 is 0 Å². The van der Waals surface area contributed by atoms with Crippen molar-refractivity contribution in [2.75, 3.05) is 26.7 Å². The van der Waals surface area contributed by atoms with Gasteiger partial charge in [-0.1, -0.05) is 29.8 Å². The predicted octanol–water partition coefficient (Wildman–Crippen LogP) is 5.98. The molecule has 180 valence electrons. The number of aromatic nitrogens is 1. The molecule has 6 rings (SSSR count). The summed E-state index contributed by atoms with van der Waals surface area (Å²) in [5, 5.41) is 0.787. The maximum Gasteiger partial charge on any atom is 0.131 e. The molecule has 3 aliphatic heterocycles. The molecular weight excluding hydrogens is 460 g/mol. The lowest BCUT2D eigenvalue weighted by molar-refractivity contribution is -0.0785. The molecule has 4 heterocycles. The Kier molecular flexibility index (Phi) is 6.01. The number of likely N-dealkylation sites (tertiary alicyclic amines) is 1. The molecule has 1 spiro atoms. The Morgan fingerprint density at radius 1 is 1.09 bits per heavy atom. The number of hydrogen-bond donors (Lipinski definition) is 0. The number of ether oxygens (including phenoxy) is 3. The number of benzene rings is 2. The maximum absolute atomic E-state index is 6.34. The summed E-state index contributed by atoms with van der Waals surface area (Å²) in [6, 6.07) is 16.3. The van der Waals surface area contributed by atoms with Crippen molar-refractivity contribution < 1.29 is 14.2 Å². The van der Waals surface area contributed by atoms with E-state index in [-0.39, 0.29) is 5.60 Å². The highest BCUT2D eigenvalue weighted by molar-refractivity contribution is 6.30. The van der Waals surface area contributed by atoms with Gasteiger partial charge in [-0.2, -0.15) is 0 Å². The molecule has 0 aliphatic carbocycles. The Hall–Kier alpha value is -2.86. The lowest BCUT2D eigenvalue weighted by Crippen LogP contribution is -2.42. The van der Waals surface area contributed by atoms with Gasteiger partial charge in [0, 0.05) is 42.0 Å². The first kappa shape index (κ1) is 22.6. The van der Waals surface area contributed by atoms with Gasteiger partial charge in [0.15, 0.2) is 0 Å². The maximum atomic E-state index is 6.34. The molecule has 0 radical (unpaired) electrons. The first-order valence-corrected chi connectivity index (χ1v) is 12.6. The van der Waals surface area contributed by atoms with Gasteiger partial charge in [-0.3, -0.25) is 4.98 Å². The van der Waals surface area contributed by atoms with Gasteiger partial charge >= 0.3 is 0 Å². The SMILES string of the molecule is COc1ccc2c(c1)C(=CCCN1CCC3(CC1)OCc1cc(Cl)ccc13)c1cccnc1CO2. The average Bonchev–Trinajstić information content (AvgIpc) is 3.14. The molecule has 0 atom stereocenters. The van der Waals surface area contributed by atoms with Crippen LogP contribution < -0.4 is 9.47 Å². The Morgan fingerprint density at radius 3 is 2.83 bits per heavy atom. The monoisotopic (exact) mass is 488 g/mol. The van der Waals surface area contributed by atoms with Gasteiger partial charge in [-0.05, 0) is 72.4 Å². The van der Waals surface area contributed by atoms with Crippen LogP contribution >= 0.6 is 11.6 Å². The van der Waals surface area contributed by atoms with Crippen molar-refractivity contribution in [2.45, 2.75) is 38.1 Å².